The lowest BCUT2D eigenvalue weighted by Gasteiger charge is -2.19. The van der Waals surface area contributed by atoms with Crippen LogP contribution in [0.3, 0.4) is 0 Å². The number of hydrogen-bond donors (Lipinski definition) is 1. The number of carbonyl (C=O) groups is 1. The number of halogens is 1. The quantitative estimate of drug-likeness (QED) is 0.363. The molecule has 2 aromatic carbocycles. The van der Waals surface area contributed by atoms with Crippen LogP contribution in [0.25, 0.3) is 21.1 Å². The second-order valence-electron chi connectivity index (χ2n) is 7.42. The maximum absolute atomic E-state index is 13.7. The van der Waals surface area contributed by atoms with Crippen molar-refractivity contribution in [2.24, 2.45) is 0 Å². The van der Waals surface area contributed by atoms with Crippen LogP contribution >= 0.6 is 22.9 Å². The topological polar surface area (TPSA) is 66.8 Å². The zero-order chi connectivity index (χ0) is 21.4. The smallest absolute Gasteiger partial charge is 0.262 e. The summed E-state index contributed by atoms with van der Waals surface area (Å²) in [6.07, 6.45) is 8.03. The molecule has 31 heavy (non-hydrogen) atoms. The van der Waals surface area contributed by atoms with Gasteiger partial charge in [-0.3, -0.25) is 9.69 Å². The number of imidazole rings is 1. The third kappa shape index (κ3) is 3.82. The van der Waals surface area contributed by atoms with E-state index in [9.17, 15) is 4.79 Å². The van der Waals surface area contributed by atoms with Gasteiger partial charge in [0.05, 0.1) is 22.1 Å². The van der Waals surface area contributed by atoms with Crippen LogP contribution in [0.1, 0.15) is 22.3 Å². The lowest BCUT2D eigenvalue weighted by atomic mass is 10.1. The minimum absolute atomic E-state index is 0.0640. The molecular weight excluding hydrogens is 430 g/mol. The first kappa shape index (κ1) is 19.8. The summed E-state index contributed by atoms with van der Waals surface area (Å²) >= 11 is 7.74. The Balaban J connectivity index is 1.52. The Morgan fingerprint density at radius 1 is 1.29 bits per heavy atom. The third-order valence-electron chi connectivity index (χ3n) is 5.29. The van der Waals surface area contributed by atoms with Crippen LogP contribution in [0.15, 0.2) is 61.3 Å². The van der Waals surface area contributed by atoms with E-state index in [2.05, 4.69) is 9.97 Å². The van der Waals surface area contributed by atoms with Gasteiger partial charge in [0, 0.05) is 47.6 Å². The van der Waals surface area contributed by atoms with Crippen molar-refractivity contribution < 1.29 is 4.79 Å². The molecular formula is C23H20ClN5OS. The molecule has 1 amide bonds. The van der Waals surface area contributed by atoms with Crippen molar-refractivity contribution in [1.82, 2.24) is 19.5 Å². The second kappa shape index (κ2) is 8.17. The minimum Gasteiger partial charge on any atom is -0.360 e. The first-order chi connectivity index (χ1) is 15.1. The van der Waals surface area contributed by atoms with Crippen LogP contribution in [-0.2, 0) is 6.54 Å². The minimum atomic E-state index is -0.0640. The summed E-state index contributed by atoms with van der Waals surface area (Å²) in [5.41, 5.74) is 3.47. The van der Waals surface area contributed by atoms with Crippen LogP contribution in [0.5, 0.6) is 0 Å². The number of aromatic nitrogens is 4. The number of hydrogen-bond acceptors (Lipinski definition) is 4. The Kier molecular flexibility index (Phi) is 5.21. The van der Waals surface area contributed by atoms with Crippen molar-refractivity contribution in [3.63, 3.8) is 0 Å². The summed E-state index contributed by atoms with van der Waals surface area (Å²) in [5, 5.41) is 2.27. The number of nitrogens with one attached hydrogen (secondary N) is 1. The Bertz CT molecular complexity index is 1370. The van der Waals surface area contributed by atoms with Gasteiger partial charge in [0.15, 0.2) is 5.13 Å². The van der Waals surface area contributed by atoms with Gasteiger partial charge >= 0.3 is 0 Å². The number of nitrogens with zero attached hydrogens (tertiary/aromatic N) is 4. The van der Waals surface area contributed by atoms with Gasteiger partial charge in [-0.25, -0.2) is 9.97 Å². The molecule has 0 spiro atoms. The standard InChI is InChI=1S/C23H20ClN5OS/c1-15-11-16(24)12-20-21(15)27-23(31-20)29(9-4-8-28-10-7-25-14-28)22(30)18-13-26-19-6-3-2-5-17(18)19/h2-3,5-7,10-14,26H,4,8-9H2,1H3. The predicted molar refractivity (Wildman–Crippen MR) is 126 cm³/mol. The largest absolute Gasteiger partial charge is 0.360 e. The van der Waals surface area contributed by atoms with Crippen molar-refractivity contribution in [2.75, 3.05) is 11.4 Å². The molecule has 0 unspecified atom stereocenters. The van der Waals surface area contributed by atoms with E-state index in [-0.39, 0.29) is 5.91 Å². The predicted octanol–water partition coefficient (Wildman–Crippen LogP) is 5.67. The number of rotatable bonds is 6. The van der Waals surface area contributed by atoms with Gasteiger partial charge in [0.25, 0.3) is 5.91 Å². The Labute approximate surface area is 188 Å². The van der Waals surface area contributed by atoms with Crippen molar-refractivity contribution in [3.8, 4) is 0 Å². The maximum atomic E-state index is 13.7. The normalized spacial score (nSPS) is 11.4. The highest BCUT2D eigenvalue weighted by Gasteiger charge is 2.24. The van der Waals surface area contributed by atoms with Crippen LogP contribution in [0.2, 0.25) is 5.02 Å². The van der Waals surface area contributed by atoms with Crippen LogP contribution in [0.4, 0.5) is 5.13 Å². The Morgan fingerprint density at radius 3 is 3.00 bits per heavy atom. The zero-order valence-electron chi connectivity index (χ0n) is 16.9. The van der Waals surface area contributed by atoms with Gasteiger partial charge in [0.2, 0.25) is 0 Å². The number of amides is 1. The fourth-order valence-corrected chi connectivity index (χ4v) is 5.21. The molecule has 0 radical (unpaired) electrons. The summed E-state index contributed by atoms with van der Waals surface area (Å²) < 4.78 is 2.99. The van der Waals surface area contributed by atoms with E-state index in [0.717, 1.165) is 39.6 Å². The van der Waals surface area contributed by atoms with Gasteiger partial charge in [-0.05, 0) is 37.1 Å². The van der Waals surface area contributed by atoms with Gasteiger partial charge in [-0.15, -0.1) is 0 Å². The van der Waals surface area contributed by atoms with E-state index in [0.29, 0.717) is 22.3 Å². The molecule has 0 saturated carbocycles. The lowest BCUT2D eigenvalue weighted by molar-refractivity contribution is 0.0988. The molecule has 6 nitrogen and oxygen atoms in total. The Morgan fingerprint density at radius 2 is 2.16 bits per heavy atom. The highest BCUT2D eigenvalue weighted by atomic mass is 35.5. The number of anilines is 1. The SMILES string of the molecule is Cc1cc(Cl)cc2sc(N(CCCn3ccnc3)C(=O)c3c[nH]c4ccccc34)nc12. The van der Waals surface area contributed by atoms with Crippen LogP contribution < -0.4 is 4.90 Å². The van der Waals surface area contributed by atoms with E-state index in [1.165, 1.54) is 11.3 Å². The van der Waals surface area contributed by atoms with E-state index in [1.54, 1.807) is 23.6 Å². The maximum Gasteiger partial charge on any atom is 0.262 e. The molecule has 8 heteroatoms. The number of benzene rings is 2. The lowest BCUT2D eigenvalue weighted by Crippen LogP contribution is -2.32. The summed E-state index contributed by atoms with van der Waals surface area (Å²) in [4.78, 5) is 27.6. The van der Waals surface area contributed by atoms with E-state index < -0.39 is 0 Å². The van der Waals surface area contributed by atoms with Gasteiger partial charge < -0.3 is 9.55 Å². The molecule has 5 aromatic rings. The summed E-state index contributed by atoms with van der Waals surface area (Å²) in [5.74, 6) is -0.0640. The van der Waals surface area contributed by atoms with Gasteiger partial charge in [0.1, 0.15) is 0 Å². The molecule has 3 heterocycles. The van der Waals surface area contributed by atoms with Crippen molar-refractivity contribution in [3.05, 3.63) is 77.5 Å². The molecule has 5 rings (SSSR count). The van der Waals surface area contributed by atoms with Crippen molar-refractivity contribution >= 4 is 55.1 Å². The number of aromatic amines is 1. The molecule has 0 aliphatic heterocycles. The molecule has 0 aliphatic rings. The van der Waals surface area contributed by atoms with E-state index >= 15 is 0 Å². The van der Waals surface area contributed by atoms with Gasteiger partial charge in [-0.1, -0.05) is 41.1 Å². The molecule has 1 N–H and O–H groups in total. The fraction of sp³-hybridized carbons (Fsp3) is 0.174. The average molecular weight is 450 g/mol. The number of carbonyl (C=O) groups excluding carboxylic acids is 1. The monoisotopic (exact) mass is 449 g/mol. The molecule has 0 aliphatic carbocycles. The molecule has 0 atom stereocenters. The Hall–Kier alpha value is -3.16. The summed E-state index contributed by atoms with van der Waals surface area (Å²) in [7, 11) is 0. The number of para-hydroxylation sites is 1. The fourth-order valence-electron chi connectivity index (χ4n) is 3.77. The number of aryl methyl sites for hydroxylation is 2. The first-order valence-corrected chi connectivity index (χ1v) is 11.2. The molecule has 0 fully saturated rings. The molecule has 0 saturated heterocycles. The second-order valence-corrected chi connectivity index (χ2v) is 8.87. The number of H-pyrrole nitrogens is 1. The zero-order valence-corrected chi connectivity index (χ0v) is 18.5. The van der Waals surface area contributed by atoms with E-state index in [4.69, 9.17) is 16.6 Å². The average Bonchev–Trinajstić information content (AvgIpc) is 3.50. The third-order valence-corrected chi connectivity index (χ3v) is 6.54. The van der Waals surface area contributed by atoms with Crippen LogP contribution in [-0.4, -0.2) is 32.0 Å². The molecule has 156 valence electrons. The van der Waals surface area contributed by atoms with Crippen LogP contribution in [0, 0.1) is 6.92 Å². The number of thiazole rings is 1. The summed E-state index contributed by atoms with van der Waals surface area (Å²) in [6.45, 7) is 3.30. The first-order valence-electron chi connectivity index (χ1n) is 10.0. The summed E-state index contributed by atoms with van der Waals surface area (Å²) in [6, 6.07) is 11.6. The highest BCUT2D eigenvalue weighted by Crippen LogP contribution is 2.34. The highest BCUT2D eigenvalue weighted by molar-refractivity contribution is 7.22. The molecule has 0 bridgehead atoms. The van der Waals surface area contributed by atoms with Crippen molar-refractivity contribution in [2.45, 2.75) is 19.9 Å². The van der Waals surface area contributed by atoms with Gasteiger partial charge in [-0.2, -0.15) is 0 Å². The molecule has 3 aromatic heterocycles. The van der Waals surface area contributed by atoms with Crippen molar-refractivity contribution in [1.29, 1.82) is 0 Å². The van der Waals surface area contributed by atoms with E-state index in [1.807, 2.05) is 54.1 Å². The number of fused-ring (bicyclic) bond motifs is 2.